The number of phenolic OH excluding ortho intramolecular Hbond substituents is 1. The number of aromatic hydroxyl groups is 1. The third kappa shape index (κ3) is 7.19. The molecule has 5 rings (SSSR count). The molecule has 0 saturated carbocycles. The van der Waals surface area contributed by atoms with E-state index in [0.717, 1.165) is 46.6 Å². The number of epoxide rings is 1. The van der Waals surface area contributed by atoms with Crippen molar-refractivity contribution in [2.75, 3.05) is 13.2 Å². The van der Waals surface area contributed by atoms with Crippen LogP contribution in [0.1, 0.15) is 33.4 Å². The summed E-state index contributed by atoms with van der Waals surface area (Å²) in [5.41, 5.74) is 6.15. The monoisotopic (exact) mass is 444 g/mol. The van der Waals surface area contributed by atoms with Gasteiger partial charge in [0.15, 0.2) is 0 Å². The van der Waals surface area contributed by atoms with Crippen molar-refractivity contribution in [3.63, 3.8) is 0 Å². The summed E-state index contributed by atoms with van der Waals surface area (Å²) in [5, 5.41) is 10.7. The van der Waals surface area contributed by atoms with E-state index >= 15 is 0 Å². The van der Waals surface area contributed by atoms with Gasteiger partial charge in [-0.2, -0.15) is 0 Å². The Labute approximate surface area is 201 Å². The molecule has 0 bridgehead atoms. The lowest BCUT2D eigenvalue weighted by Crippen LogP contribution is -1.88. The molecule has 168 valence electrons. The molecular weight excluding hydrogens is 416 g/mol. The van der Waals surface area contributed by atoms with E-state index < -0.39 is 0 Å². The van der Waals surface area contributed by atoms with Crippen molar-refractivity contribution < 1.29 is 9.84 Å². The van der Waals surface area contributed by atoms with Crippen LogP contribution in [0.25, 0.3) is 36.5 Å². The van der Waals surface area contributed by atoms with Gasteiger partial charge in [0.05, 0.1) is 13.2 Å². The van der Waals surface area contributed by atoms with E-state index in [-0.39, 0.29) is 5.75 Å². The SMILES string of the molecule is C1CO1.Oc1ccc(C=Cc2ccccc2)c(C=Cc2ccccc2)c1C=Cc1ccccc1. The van der Waals surface area contributed by atoms with Crippen molar-refractivity contribution in [2.24, 2.45) is 0 Å². The van der Waals surface area contributed by atoms with Crippen molar-refractivity contribution in [1.82, 2.24) is 0 Å². The molecule has 0 spiro atoms. The lowest BCUT2D eigenvalue weighted by Gasteiger charge is -2.09. The molecule has 2 nitrogen and oxygen atoms in total. The minimum absolute atomic E-state index is 0.261. The Kier molecular flexibility index (Phi) is 8.26. The van der Waals surface area contributed by atoms with E-state index in [4.69, 9.17) is 0 Å². The fourth-order valence-electron chi connectivity index (χ4n) is 3.39. The van der Waals surface area contributed by atoms with Crippen LogP contribution >= 0.6 is 0 Å². The van der Waals surface area contributed by atoms with Gasteiger partial charge in [-0.3, -0.25) is 0 Å². The Bertz CT molecular complexity index is 1250. The van der Waals surface area contributed by atoms with Crippen LogP contribution in [0.5, 0.6) is 5.75 Å². The van der Waals surface area contributed by atoms with Gasteiger partial charge in [-0.1, -0.05) is 134 Å². The standard InChI is InChI=1S/C30H24O.C2H4O/c31-30-23-20-27(19-16-24-10-4-1-5-11-24)28(21-17-25-12-6-2-7-13-25)29(30)22-18-26-14-8-3-9-15-26;1-2-3-1/h1-23,31H;1-2H2. The van der Waals surface area contributed by atoms with Crippen LogP contribution in [0, 0.1) is 0 Å². The summed E-state index contributed by atoms with van der Waals surface area (Å²) in [6.07, 6.45) is 12.4. The highest BCUT2D eigenvalue weighted by Gasteiger charge is 2.08. The minimum atomic E-state index is 0.261. The largest absolute Gasteiger partial charge is 0.507 e. The van der Waals surface area contributed by atoms with Crippen molar-refractivity contribution in [3.05, 3.63) is 137 Å². The van der Waals surface area contributed by atoms with E-state index in [1.165, 1.54) is 0 Å². The summed E-state index contributed by atoms with van der Waals surface area (Å²) >= 11 is 0. The summed E-state index contributed by atoms with van der Waals surface area (Å²) in [4.78, 5) is 0. The molecule has 4 aromatic carbocycles. The van der Waals surface area contributed by atoms with E-state index in [1.54, 1.807) is 6.07 Å². The number of benzene rings is 4. The minimum Gasteiger partial charge on any atom is -0.507 e. The second-order valence-electron chi connectivity index (χ2n) is 7.85. The number of hydrogen-bond donors (Lipinski definition) is 1. The van der Waals surface area contributed by atoms with Gasteiger partial charge in [0, 0.05) is 5.56 Å². The lowest BCUT2D eigenvalue weighted by molar-refractivity contribution is 0.474. The maximum Gasteiger partial charge on any atom is 0.123 e. The van der Waals surface area contributed by atoms with Gasteiger partial charge in [-0.05, 0) is 33.9 Å². The Balaban J connectivity index is 0.000000846. The number of ether oxygens (including phenoxy) is 1. The van der Waals surface area contributed by atoms with Crippen LogP contribution in [0.2, 0.25) is 0 Å². The molecule has 2 heteroatoms. The lowest BCUT2D eigenvalue weighted by atomic mass is 9.96. The first-order valence-corrected chi connectivity index (χ1v) is 11.4. The molecule has 1 N–H and O–H groups in total. The predicted octanol–water partition coefficient (Wildman–Crippen LogP) is 7.92. The van der Waals surface area contributed by atoms with Crippen LogP contribution in [0.4, 0.5) is 0 Å². The number of rotatable bonds is 6. The molecule has 0 aromatic heterocycles. The fraction of sp³-hybridized carbons (Fsp3) is 0.0625. The van der Waals surface area contributed by atoms with E-state index in [9.17, 15) is 5.11 Å². The average Bonchev–Trinajstić information content (AvgIpc) is 3.78. The first-order valence-electron chi connectivity index (χ1n) is 11.4. The predicted molar refractivity (Wildman–Crippen MR) is 145 cm³/mol. The van der Waals surface area contributed by atoms with Gasteiger partial charge in [0.1, 0.15) is 5.75 Å². The first kappa shape index (κ1) is 23.0. The molecular formula is C32H28O2. The van der Waals surface area contributed by atoms with Crippen molar-refractivity contribution >= 4 is 36.5 Å². The number of hydrogen-bond acceptors (Lipinski definition) is 2. The third-order valence-corrected chi connectivity index (χ3v) is 5.24. The molecule has 0 atom stereocenters. The van der Waals surface area contributed by atoms with Gasteiger partial charge in [-0.15, -0.1) is 0 Å². The van der Waals surface area contributed by atoms with E-state index in [1.807, 2.05) is 84.9 Å². The zero-order chi connectivity index (χ0) is 23.4. The Morgan fingerprint density at radius 3 is 1.32 bits per heavy atom. The highest BCUT2D eigenvalue weighted by Crippen LogP contribution is 2.30. The maximum absolute atomic E-state index is 10.7. The first-order chi connectivity index (χ1) is 16.8. The summed E-state index contributed by atoms with van der Waals surface area (Å²) in [6.45, 7) is 2.00. The summed E-state index contributed by atoms with van der Waals surface area (Å²) < 4.78 is 4.50. The van der Waals surface area contributed by atoms with E-state index in [0.29, 0.717) is 0 Å². The van der Waals surface area contributed by atoms with Gasteiger partial charge in [-0.25, -0.2) is 0 Å². The summed E-state index contributed by atoms with van der Waals surface area (Å²) in [5.74, 6) is 0.261. The van der Waals surface area contributed by atoms with Gasteiger partial charge >= 0.3 is 0 Å². The van der Waals surface area contributed by atoms with Crippen molar-refractivity contribution in [2.45, 2.75) is 0 Å². The molecule has 1 fully saturated rings. The van der Waals surface area contributed by atoms with Crippen LogP contribution in [0.3, 0.4) is 0 Å². The molecule has 1 aliphatic heterocycles. The van der Waals surface area contributed by atoms with Gasteiger partial charge < -0.3 is 9.84 Å². The molecule has 0 unspecified atom stereocenters. The molecule has 1 heterocycles. The van der Waals surface area contributed by atoms with Crippen LogP contribution in [-0.2, 0) is 4.74 Å². The molecule has 1 saturated heterocycles. The highest BCUT2D eigenvalue weighted by atomic mass is 16.6. The van der Waals surface area contributed by atoms with Gasteiger partial charge in [0.25, 0.3) is 0 Å². The summed E-state index contributed by atoms with van der Waals surface area (Å²) in [6, 6.07) is 34.2. The topological polar surface area (TPSA) is 32.8 Å². The van der Waals surface area contributed by atoms with Crippen LogP contribution in [0.15, 0.2) is 103 Å². The van der Waals surface area contributed by atoms with Gasteiger partial charge in [0.2, 0.25) is 0 Å². The number of phenols is 1. The molecule has 1 aliphatic rings. The highest BCUT2D eigenvalue weighted by molar-refractivity contribution is 5.87. The zero-order valence-electron chi connectivity index (χ0n) is 19.0. The molecule has 0 aliphatic carbocycles. The average molecular weight is 445 g/mol. The second-order valence-corrected chi connectivity index (χ2v) is 7.85. The normalized spacial score (nSPS) is 12.7. The summed E-state index contributed by atoms with van der Waals surface area (Å²) in [7, 11) is 0. The second kappa shape index (κ2) is 12.2. The maximum atomic E-state index is 10.7. The zero-order valence-corrected chi connectivity index (χ0v) is 19.0. The molecule has 0 radical (unpaired) electrons. The fourth-order valence-corrected chi connectivity index (χ4v) is 3.39. The van der Waals surface area contributed by atoms with E-state index in [2.05, 4.69) is 53.3 Å². The Morgan fingerprint density at radius 2 is 0.882 bits per heavy atom. The molecule has 0 amide bonds. The quantitative estimate of drug-likeness (QED) is 0.242. The molecule has 34 heavy (non-hydrogen) atoms. The van der Waals surface area contributed by atoms with Crippen LogP contribution in [-0.4, -0.2) is 18.3 Å². The Morgan fingerprint density at radius 1 is 0.471 bits per heavy atom. The Hall–Kier alpha value is -4.14. The molecule has 4 aromatic rings. The third-order valence-electron chi connectivity index (χ3n) is 5.24. The van der Waals surface area contributed by atoms with Crippen molar-refractivity contribution in [3.8, 4) is 5.75 Å². The van der Waals surface area contributed by atoms with Crippen molar-refractivity contribution in [1.29, 1.82) is 0 Å². The smallest absolute Gasteiger partial charge is 0.123 e. The van der Waals surface area contributed by atoms with Crippen LogP contribution < -0.4 is 0 Å².